The molecule has 37 heavy (non-hydrogen) atoms. The molecule has 0 bridgehead atoms. The van der Waals surface area contributed by atoms with Gasteiger partial charge < -0.3 is 24.5 Å². The zero-order valence-corrected chi connectivity index (χ0v) is 21.7. The topological polar surface area (TPSA) is 121 Å². The summed E-state index contributed by atoms with van der Waals surface area (Å²) in [5, 5.41) is 9.72. The molecule has 0 saturated carbocycles. The zero-order chi connectivity index (χ0) is 26.8. The highest BCUT2D eigenvalue weighted by Crippen LogP contribution is 2.33. The van der Waals surface area contributed by atoms with Gasteiger partial charge in [-0.15, -0.1) is 0 Å². The van der Waals surface area contributed by atoms with Crippen molar-refractivity contribution >= 4 is 11.7 Å². The van der Waals surface area contributed by atoms with Crippen molar-refractivity contribution in [3.63, 3.8) is 0 Å². The smallest absolute Gasteiger partial charge is 0.245 e. The van der Waals surface area contributed by atoms with Crippen LogP contribution in [0.4, 0.5) is 5.82 Å². The number of methoxy groups -OCH3 is 2. The lowest BCUT2D eigenvalue weighted by atomic mass is 10.0. The third-order valence-corrected chi connectivity index (χ3v) is 5.84. The molecular weight excluding hydrogens is 472 g/mol. The lowest BCUT2D eigenvalue weighted by molar-refractivity contribution is -0.149. The van der Waals surface area contributed by atoms with Crippen molar-refractivity contribution < 1.29 is 23.8 Å². The lowest BCUT2D eigenvalue weighted by Crippen LogP contribution is -2.36. The molecule has 0 saturated heterocycles. The van der Waals surface area contributed by atoms with Crippen LogP contribution in [-0.2, 0) is 14.4 Å². The Kier molecular flexibility index (Phi) is 9.55. The molecule has 2 aromatic carbocycles. The van der Waals surface area contributed by atoms with Gasteiger partial charge in [-0.25, -0.2) is 5.48 Å². The second kappa shape index (κ2) is 12.8. The number of carbonyl (C=O) groups excluding carboxylic acids is 1. The number of carbonyl (C=O) groups is 1. The van der Waals surface area contributed by atoms with Gasteiger partial charge >= 0.3 is 0 Å². The highest BCUT2D eigenvalue weighted by atomic mass is 16.7. The summed E-state index contributed by atoms with van der Waals surface area (Å²) in [6.45, 7) is 4.67. The predicted molar refractivity (Wildman–Crippen MR) is 141 cm³/mol. The van der Waals surface area contributed by atoms with Gasteiger partial charge in [0.2, 0.25) is 5.91 Å². The maximum Gasteiger partial charge on any atom is 0.245 e. The minimum Gasteiger partial charge on any atom is -0.497 e. The van der Waals surface area contributed by atoms with E-state index in [2.05, 4.69) is 11.5 Å². The summed E-state index contributed by atoms with van der Waals surface area (Å²) in [4.78, 5) is 17.2. The number of amides is 1. The van der Waals surface area contributed by atoms with Gasteiger partial charge in [-0.1, -0.05) is 12.1 Å². The summed E-state index contributed by atoms with van der Waals surface area (Å²) in [7, 11) is 3.16. The average molecular weight is 507 g/mol. The Balaban J connectivity index is 1.57. The molecule has 1 aromatic heterocycles. The van der Waals surface area contributed by atoms with E-state index in [0.29, 0.717) is 31.0 Å². The van der Waals surface area contributed by atoms with Gasteiger partial charge in [0.05, 0.1) is 32.3 Å². The van der Waals surface area contributed by atoms with Crippen LogP contribution >= 0.6 is 0 Å². The maximum atomic E-state index is 11.7. The van der Waals surface area contributed by atoms with Crippen LogP contribution in [0.15, 0.2) is 54.7 Å². The van der Waals surface area contributed by atoms with Crippen LogP contribution in [0.25, 0.3) is 16.8 Å². The first-order valence-electron chi connectivity index (χ1n) is 12.0. The molecule has 0 unspecified atom stereocenters. The number of nitrogens with one attached hydrogen (secondary N) is 1. The predicted octanol–water partition coefficient (Wildman–Crippen LogP) is 4.63. The molecule has 0 spiro atoms. The Morgan fingerprint density at radius 1 is 1.05 bits per heavy atom. The molecule has 9 heteroatoms. The number of anilines is 1. The fourth-order valence-corrected chi connectivity index (χ4v) is 3.72. The van der Waals surface area contributed by atoms with Crippen molar-refractivity contribution in [3.05, 3.63) is 60.3 Å². The lowest BCUT2D eigenvalue weighted by Gasteiger charge is -2.24. The van der Waals surface area contributed by atoms with Crippen molar-refractivity contribution in [3.8, 4) is 34.4 Å². The van der Waals surface area contributed by atoms with Gasteiger partial charge in [-0.3, -0.25) is 9.63 Å². The van der Waals surface area contributed by atoms with Crippen LogP contribution in [0.5, 0.6) is 11.5 Å². The zero-order valence-electron chi connectivity index (χ0n) is 21.7. The van der Waals surface area contributed by atoms with Crippen molar-refractivity contribution in [2.24, 2.45) is 0 Å². The normalized spacial score (nSPS) is 11.1. The molecule has 3 aromatic rings. The van der Waals surface area contributed by atoms with Crippen LogP contribution in [0.3, 0.4) is 0 Å². The largest absolute Gasteiger partial charge is 0.497 e. The standard InChI is InChI=1S/C28H34N4O5/c1-28(2,37-31-26(33)14-17-34-3)15-5-16-36-23-12-8-21(9-13-23)32-19-25(24(18-29)27(32)30)20-6-10-22(35-4)11-7-20/h6-13,19H,5,14-17,30H2,1-4H3,(H,31,33). The Morgan fingerprint density at radius 3 is 2.35 bits per heavy atom. The molecule has 3 rings (SSSR count). The van der Waals surface area contributed by atoms with Crippen LogP contribution in [-0.4, -0.2) is 43.5 Å². The number of ether oxygens (including phenoxy) is 3. The van der Waals surface area contributed by atoms with Crippen molar-refractivity contribution in [2.75, 3.05) is 33.2 Å². The highest BCUT2D eigenvalue weighted by molar-refractivity contribution is 5.78. The van der Waals surface area contributed by atoms with E-state index in [-0.39, 0.29) is 12.3 Å². The molecule has 9 nitrogen and oxygen atoms in total. The molecule has 196 valence electrons. The summed E-state index contributed by atoms with van der Waals surface area (Å²) >= 11 is 0. The minimum absolute atomic E-state index is 0.215. The number of nitrogens with zero attached hydrogens (tertiary/aromatic N) is 2. The number of aromatic nitrogens is 1. The Labute approximate surface area is 217 Å². The number of nitrogen functional groups attached to an aromatic ring is 1. The molecule has 1 heterocycles. The van der Waals surface area contributed by atoms with Gasteiger partial charge in [0.25, 0.3) is 0 Å². The Bertz CT molecular complexity index is 1210. The first-order chi connectivity index (χ1) is 17.8. The van der Waals surface area contributed by atoms with Crippen LogP contribution in [0.1, 0.15) is 38.7 Å². The van der Waals surface area contributed by atoms with Gasteiger partial charge in [0, 0.05) is 24.6 Å². The van der Waals surface area contributed by atoms with E-state index in [0.717, 1.165) is 34.7 Å². The molecule has 3 N–H and O–H groups in total. The highest BCUT2D eigenvalue weighted by Gasteiger charge is 2.20. The van der Waals surface area contributed by atoms with Crippen molar-refractivity contribution in [1.82, 2.24) is 10.0 Å². The van der Waals surface area contributed by atoms with E-state index in [1.165, 1.54) is 0 Å². The molecule has 0 fully saturated rings. The summed E-state index contributed by atoms with van der Waals surface area (Å²) in [6.07, 6.45) is 3.55. The molecule has 1 amide bonds. The molecule has 0 aliphatic rings. The third-order valence-electron chi connectivity index (χ3n) is 5.84. The van der Waals surface area contributed by atoms with E-state index in [1.54, 1.807) is 18.8 Å². The number of hydroxylamine groups is 1. The fourth-order valence-electron chi connectivity index (χ4n) is 3.72. The van der Waals surface area contributed by atoms with Gasteiger partial charge in [0.1, 0.15) is 28.9 Å². The van der Waals surface area contributed by atoms with E-state index in [1.807, 2.05) is 68.6 Å². The Morgan fingerprint density at radius 2 is 1.73 bits per heavy atom. The first-order valence-corrected chi connectivity index (χ1v) is 12.0. The van der Waals surface area contributed by atoms with E-state index < -0.39 is 5.60 Å². The molecule has 0 atom stereocenters. The number of hydrogen-bond donors (Lipinski definition) is 2. The molecule has 0 aliphatic heterocycles. The molecular formula is C28H34N4O5. The quantitative estimate of drug-likeness (QED) is 0.256. The average Bonchev–Trinajstić information content (AvgIpc) is 3.25. The van der Waals surface area contributed by atoms with Crippen molar-refractivity contribution in [2.45, 2.75) is 38.7 Å². The van der Waals surface area contributed by atoms with E-state index >= 15 is 0 Å². The minimum atomic E-state index is -0.526. The molecule has 0 aliphatic carbocycles. The summed E-state index contributed by atoms with van der Waals surface area (Å²) in [5.41, 5.74) is 11.1. The SMILES string of the molecule is COCCC(=O)NOC(C)(C)CCCOc1ccc(-n2cc(-c3ccc(OC)cc3)c(C#N)c2N)cc1. The summed E-state index contributed by atoms with van der Waals surface area (Å²) in [6, 6.07) is 17.2. The number of rotatable bonds is 13. The fraction of sp³-hybridized carbons (Fsp3) is 0.357. The van der Waals surface area contributed by atoms with Crippen LogP contribution < -0.4 is 20.7 Å². The van der Waals surface area contributed by atoms with Gasteiger partial charge in [0.15, 0.2) is 0 Å². The monoisotopic (exact) mass is 506 g/mol. The number of hydrogen-bond acceptors (Lipinski definition) is 7. The van der Waals surface area contributed by atoms with Gasteiger partial charge in [-0.05, 0) is 68.7 Å². The second-order valence-corrected chi connectivity index (χ2v) is 9.09. The van der Waals surface area contributed by atoms with Gasteiger partial charge in [-0.2, -0.15) is 5.26 Å². The van der Waals surface area contributed by atoms with Crippen LogP contribution in [0.2, 0.25) is 0 Å². The Hall–Kier alpha value is -4.00. The third kappa shape index (κ3) is 7.49. The number of benzene rings is 2. The first kappa shape index (κ1) is 27.6. The molecule has 0 radical (unpaired) electrons. The van der Waals surface area contributed by atoms with E-state index in [4.69, 9.17) is 24.8 Å². The maximum absolute atomic E-state index is 11.7. The van der Waals surface area contributed by atoms with Crippen LogP contribution in [0, 0.1) is 11.3 Å². The number of nitrogens with two attached hydrogens (primary N) is 1. The summed E-state index contributed by atoms with van der Waals surface area (Å²) < 4.78 is 17.8. The van der Waals surface area contributed by atoms with E-state index in [9.17, 15) is 10.1 Å². The number of nitriles is 1. The summed E-state index contributed by atoms with van der Waals surface area (Å²) in [5.74, 6) is 1.62. The second-order valence-electron chi connectivity index (χ2n) is 9.09. The van der Waals surface area contributed by atoms with Crippen molar-refractivity contribution in [1.29, 1.82) is 5.26 Å².